The lowest BCUT2D eigenvalue weighted by atomic mass is 10.2. The van der Waals surface area contributed by atoms with Crippen molar-refractivity contribution in [1.82, 2.24) is 19.4 Å². The van der Waals surface area contributed by atoms with Crippen molar-refractivity contribution in [2.75, 3.05) is 0 Å². The fourth-order valence-corrected chi connectivity index (χ4v) is 1.76. The van der Waals surface area contributed by atoms with Gasteiger partial charge in [0.1, 0.15) is 10.6 Å². The van der Waals surface area contributed by atoms with E-state index in [1.807, 2.05) is 0 Å². The summed E-state index contributed by atoms with van der Waals surface area (Å²) in [6, 6.07) is 0. The molecule has 0 aromatic carbocycles. The second kappa shape index (κ2) is 3.47. The number of rotatable bonds is 2. The third-order valence-corrected chi connectivity index (χ3v) is 2.63. The Hall–Kier alpha value is -1.27. The maximum absolute atomic E-state index is 11.8. The zero-order valence-corrected chi connectivity index (χ0v) is 8.71. The summed E-state index contributed by atoms with van der Waals surface area (Å²) in [4.78, 5) is 12.2. The number of halogens is 1. The normalized spacial score (nSPS) is 10.4. The van der Waals surface area contributed by atoms with E-state index in [9.17, 15) is 4.79 Å². The van der Waals surface area contributed by atoms with E-state index in [4.69, 9.17) is 11.6 Å². The van der Waals surface area contributed by atoms with Crippen molar-refractivity contribution >= 4 is 28.9 Å². The van der Waals surface area contributed by atoms with E-state index in [1.165, 1.54) is 17.1 Å². The summed E-state index contributed by atoms with van der Waals surface area (Å²) < 4.78 is 5.05. The largest absolute Gasteiger partial charge is 0.286 e. The first-order valence-electron chi connectivity index (χ1n) is 3.69. The van der Waals surface area contributed by atoms with Crippen LogP contribution in [0.15, 0.2) is 12.4 Å². The first-order valence-corrected chi connectivity index (χ1v) is 4.85. The van der Waals surface area contributed by atoms with Crippen molar-refractivity contribution in [1.29, 1.82) is 0 Å². The van der Waals surface area contributed by atoms with Gasteiger partial charge in [0.05, 0.1) is 17.4 Å². The van der Waals surface area contributed by atoms with Crippen molar-refractivity contribution in [3.05, 3.63) is 28.0 Å². The van der Waals surface area contributed by atoms with Gasteiger partial charge in [-0.05, 0) is 11.5 Å². The highest BCUT2D eigenvalue weighted by molar-refractivity contribution is 7.08. The molecule has 0 atom stereocenters. The smallest absolute Gasteiger partial charge is 0.225 e. The lowest BCUT2D eigenvalue weighted by molar-refractivity contribution is 0.103. The van der Waals surface area contributed by atoms with Gasteiger partial charge >= 0.3 is 0 Å². The van der Waals surface area contributed by atoms with Crippen LogP contribution in [0.2, 0.25) is 5.02 Å². The number of nitrogens with zero attached hydrogens (tertiary/aromatic N) is 4. The fraction of sp³-hybridized carbons (Fsp3) is 0.143. The maximum atomic E-state index is 11.8. The minimum atomic E-state index is -0.204. The highest BCUT2D eigenvalue weighted by Crippen LogP contribution is 2.19. The molecule has 0 aliphatic carbocycles. The molecule has 2 aromatic heterocycles. The lowest BCUT2D eigenvalue weighted by Crippen LogP contribution is -2.07. The molecule has 0 N–H and O–H groups in total. The second-order valence-corrected chi connectivity index (χ2v) is 3.77. The summed E-state index contributed by atoms with van der Waals surface area (Å²) in [5.41, 5.74) is 0.359. The number of carbonyl (C=O) groups excluding carboxylic acids is 1. The molecule has 2 aromatic rings. The summed E-state index contributed by atoms with van der Waals surface area (Å²) in [7, 11) is 1.66. The van der Waals surface area contributed by atoms with Crippen LogP contribution < -0.4 is 0 Å². The van der Waals surface area contributed by atoms with Crippen LogP contribution in [0.5, 0.6) is 0 Å². The summed E-state index contributed by atoms with van der Waals surface area (Å²) in [6.45, 7) is 0. The third kappa shape index (κ3) is 1.42. The third-order valence-electron chi connectivity index (χ3n) is 1.69. The van der Waals surface area contributed by atoms with Gasteiger partial charge in [0.2, 0.25) is 5.78 Å². The van der Waals surface area contributed by atoms with Gasteiger partial charge in [0.15, 0.2) is 0 Å². The van der Waals surface area contributed by atoms with Crippen LogP contribution in [0.25, 0.3) is 0 Å². The quantitative estimate of drug-likeness (QED) is 0.724. The fourth-order valence-electron chi connectivity index (χ4n) is 1.05. The minimum absolute atomic E-state index is 0.204. The van der Waals surface area contributed by atoms with Crippen molar-refractivity contribution in [2.24, 2.45) is 7.05 Å². The maximum Gasteiger partial charge on any atom is 0.225 e. The number of hydrogen-bond donors (Lipinski definition) is 0. The molecule has 7 heteroatoms. The van der Waals surface area contributed by atoms with Gasteiger partial charge in [-0.15, -0.1) is 5.10 Å². The van der Waals surface area contributed by atoms with Crippen LogP contribution in [0, 0.1) is 0 Å². The molecule has 0 amide bonds. The van der Waals surface area contributed by atoms with Crippen LogP contribution >= 0.6 is 23.1 Å². The van der Waals surface area contributed by atoms with E-state index in [2.05, 4.69) is 14.7 Å². The van der Waals surface area contributed by atoms with Gasteiger partial charge in [-0.1, -0.05) is 16.1 Å². The van der Waals surface area contributed by atoms with Gasteiger partial charge in [0, 0.05) is 7.05 Å². The Bertz CT molecular complexity index is 444. The molecule has 0 radical (unpaired) electrons. The van der Waals surface area contributed by atoms with E-state index in [1.54, 1.807) is 7.05 Å². The SMILES string of the molecule is Cn1ncc(Cl)c1C(=O)c1cnns1. The monoisotopic (exact) mass is 228 g/mol. The van der Waals surface area contributed by atoms with Crippen molar-refractivity contribution in [3.63, 3.8) is 0 Å². The average Bonchev–Trinajstić information content (AvgIpc) is 2.75. The van der Waals surface area contributed by atoms with Crippen LogP contribution in [0.3, 0.4) is 0 Å². The summed E-state index contributed by atoms with van der Waals surface area (Å²) in [6.07, 6.45) is 2.85. The van der Waals surface area contributed by atoms with Gasteiger partial charge in [-0.2, -0.15) is 5.10 Å². The molecule has 0 unspecified atom stereocenters. The Balaban J connectivity index is 2.46. The van der Waals surface area contributed by atoms with Crippen LogP contribution in [0.4, 0.5) is 0 Å². The zero-order chi connectivity index (χ0) is 10.1. The van der Waals surface area contributed by atoms with Gasteiger partial charge in [0.25, 0.3) is 0 Å². The first kappa shape index (κ1) is 9.29. The minimum Gasteiger partial charge on any atom is -0.286 e. The molecule has 0 spiro atoms. The summed E-state index contributed by atoms with van der Waals surface area (Å²) >= 11 is 6.85. The molecule has 0 saturated heterocycles. The van der Waals surface area contributed by atoms with E-state index in [0.29, 0.717) is 15.6 Å². The van der Waals surface area contributed by atoms with Gasteiger partial charge in [-0.3, -0.25) is 9.48 Å². The van der Waals surface area contributed by atoms with Crippen molar-refractivity contribution < 1.29 is 4.79 Å². The number of ketones is 1. The highest BCUT2D eigenvalue weighted by atomic mass is 35.5. The molecule has 72 valence electrons. The average molecular weight is 229 g/mol. The number of aromatic nitrogens is 4. The Kier molecular flexibility index (Phi) is 2.30. The van der Waals surface area contributed by atoms with E-state index >= 15 is 0 Å². The molecule has 0 fully saturated rings. The molecule has 5 nitrogen and oxygen atoms in total. The van der Waals surface area contributed by atoms with E-state index < -0.39 is 0 Å². The van der Waals surface area contributed by atoms with E-state index in [-0.39, 0.29) is 5.78 Å². The van der Waals surface area contributed by atoms with Crippen molar-refractivity contribution in [2.45, 2.75) is 0 Å². The Labute approximate surface area is 88.5 Å². The number of aryl methyl sites for hydroxylation is 1. The zero-order valence-electron chi connectivity index (χ0n) is 7.14. The first-order chi connectivity index (χ1) is 6.70. The molecule has 14 heavy (non-hydrogen) atoms. The van der Waals surface area contributed by atoms with Crippen LogP contribution in [0.1, 0.15) is 15.4 Å². The lowest BCUT2D eigenvalue weighted by Gasteiger charge is -1.97. The second-order valence-electron chi connectivity index (χ2n) is 2.58. The van der Waals surface area contributed by atoms with Gasteiger partial charge < -0.3 is 0 Å². The molecule has 2 heterocycles. The Morgan fingerprint density at radius 3 is 2.86 bits per heavy atom. The molecule has 0 aliphatic heterocycles. The molecule has 0 saturated carbocycles. The van der Waals surface area contributed by atoms with Crippen molar-refractivity contribution in [3.8, 4) is 0 Å². The summed E-state index contributed by atoms with van der Waals surface area (Å²) in [5, 5.41) is 7.80. The molecule has 0 bridgehead atoms. The number of hydrogen-bond acceptors (Lipinski definition) is 5. The molecule has 0 aliphatic rings. The van der Waals surface area contributed by atoms with Crippen LogP contribution in [-0.2, 0) is 7.05 Å². The Morgan fingerprint density at radius 1 is 1.57 bits per heavy atom. The summed E-state index contributed by atoms with van der Waals surface area (Å²) in [5.74, 6) is -0.204. The predicted octanol–water partition coefficient (Wildman–Crippen LogP) is 1.16. The highest BCUT2D eigenvalue weighted by Gasteiger charge is 2.19. The Morgan fingerprint density at radius 2 is 2.36 bits per heavy atom. The van der Waals surface area contributed by atoms with E-state index in [0.717, 1.165) is 11.5 Å². The standard InChI is InChI=1S/C7H5ClN4OS/c1-12-6(4(8)2-10-12)7(13)5-3-9-11-14-5/h2-3H,1H3. The number of carbonyl (C=O) groups is 1. The molecular formula is C7H5ClN4OS. The van der Waals surface area contributed by atoms with Gasteiger partial charge in [-0.25, -0.2) is 0 Å². The molecule has 2 rings (SSSR count). The van der Waals surface area contributed by atoms with Crippen LogP contribution in [-0.4, -0.2) is 25.2 Å². The predicted molar refractivity (Wildman–Crippen MR) is 51.6 cm³/mol. The molecular weight excluding hydrogens is 224 g/mol. The topological polar surface area (TPSA) is 60.7 Å².